The van der Waals surface area contributed by atoms with Crippen molar-refractivity contribution in [2.24, 2.45) is 0 Å². The first-order chi connectivity index (χ1) is 12.7. The average Bonchev–Trinajstić information content (AvgIpc) is 3.23. The number of ether oxygens (including phenoxy) is 2. The molecule has 0 N–H and O–H groups in total. The van der Waals surface area contributed by atoms with Crippen molar-refractivity contribution in [1.29, 1.82) is 0 Å². The summed E-state index contributed by atoms with van der Waals surface area (Å²) >= 11 is 0. The Morgan fingerprint density at radius 3 is 2.88 bits per heavy atom. The minimum absolute atomic E-state index is 0.164. The SMILES string of the molecule is COc1ccc(CN2C[C@@H](F)[C@@H](OCc3nc4ccccc4o3)C2)cn1. The topological polar surface area (TPSA) is 60.6 Å². The highest BCUT2D eigenvalue weighted by Crippen LogP contribution is 2.22. The fourth-order valence-corrected chi connectivity index (χ4v) is 3.14. The lowest BCUT2D eigenvalue weighted by Gasteiger charge is -2.15. The Kier molecular flexibility index (Phi) is 4.81. The number of hydrogen-bond acceptors (Lipinski definition) is 6. The van der Waals surface area contributed by atoms with Crippen LogP contribution in [0.15, 0.2) is 47.0 Å². The smallest absolute Gasteiger partial charge is 0.221 e. The molecule has 1 aromatic carbocycles. The number of para-hydroxylation sites is 2. The zero-order valence-corrected chi connectivity index (χ0v) is 14.5. The number of pyridine rings is 1. The number of aromatic nitrogens is 2. The predicted molar refractivity (Wildman–Crippen MR) is 93.5 cm³/mol. The van der Waals surface area contributed by atoms with Crippen molar-refractivity contribution < 1.29 is 18.3 Å². The van der Waals surface area contributed by atoms with Crippen LogP contribution in [-0.4, -0.2) is 47.3 Å². The third-order valence-corrected chi connectivity index (χ3v) is 4.45. The summed E-state index contributed by atoms with van der Waals surface area (Å²) in [5.41, 5.74) is 2.50. The molecule has 0 unspecified atom stereocenters. The van der Waals surface area contributed by atoms with Crippen molar-refractivity contribution in [1.82, 2.24) is 14.9 Å². The lowest BCUT2D eigenvalue weighted by Crippen LogP contribution is -2.24. The van der Waals surface area contributed by atoms with E-state index >= 15 is 0 Å². The number of oxazole rings is 1. The molecule has 0 spiro atoms. The molecular weight excluding hydrogens is 337 g/mol. The second kappa shape index (κ2) is 7.39. The zero-order valence-electron chi connectivity index (χ0n) is 14.5. The van der Waals surface area contributed by atoms with Crippen LogP contribution >= 0.6 is 0 Å². The van der Waals surface area contributed by atoms with Gasteiger partial charge in [-0.3, -0.25) is 4.90 Å². The molecule has 7 heteroatoms. The van der Waals surface area contributed by atoms with E-state index in [1.807, 2.05) is 35.2 Å². The number of benzene rings is 1. The summed E-state index contributed by atoms with van der Waals surface area (Å²) in [5, 5.41) is 0. The number of hydrogen-bond donors (Lipinski definition) is 0. The summed E-state index contributed by atoms with van der Waals surface area (Å²) < 4.78 is 30.7. The van der Waals surface area contributed by atoms with E-state index in [0.717, 1.165) is 11.1 Å². The summed E-state index contributed by atoms with van der Waals surface area (Å²) in [6.07, 6.45) is 0.222. The van der Waals surface area contributed by atoms with E-state index in [0.29, 0.717) is 37.0 Å². The molecule has 1 aliphatic heterocycles. The first kappa shape index (κ1) is 16.9. The molecule has 1 saturated heterocycles. The Bertz CT molecular complexity index is 835. The highest BCUT2D eigenvalue weighted by atomic mass is 19.1. The molecule has 1 fully saturated rings. The van der Waals surface area contributed by atoms with Gasteiger partial charge in [-0.15, -0.1) is 0 Å². The Morgan fingerprint density at radius 2 is 2.12 bits per heavy atom. The van der Waals surface area contributed by atoms with Gasteiger partial charge in [-0.1, -0.05) is 18.2 Å². The molecule has 6 nitrogen and oxygen atoms in total. The number of likely N-dealkylation sites (tertiary alicyclic amines) is 1. The van der Waals surface area contributed by atoms with Crippen LogP contribution in [0, 0.1) is 0 Å². The van der Waals surface area contributed by atoms with Gasteiger partial charge >= 0.3 is 0 Å². The van der Waals surface area contributed by atoms with E-state index in [-0.39, 0.29) is 6.61 Å². The molecule has 1 aliphatic rings. The standard InChI is InChI=1S/C19H20FN3O3/c1-24-18-7-6-13(8-21-18)9-23-10-14(20)17(11-23)25-12-19-22-15-4-2-3-5-16(15)26-19/h2-8,14,17H,9-12H2,1H3/t14-,17+/m1/s1. The molecule has 2 atom stereocenters. The monoisotopic (exact) mass is 357 g/mol. The highest BCUT2D eigenvalue weighted by molar-refractivity contribution is 5.72. The van der Waals surface area contributed by atoms with Crippen molar-refractivity contribution in [2.75, 3.05) is 20.2 Å². The highest BCUT2D eigenvalue weighted by Gasteiger charge is 2.33. The number of fused-ring (bicyclic) bond motifs is 1. The van der Waals surface area contributed by atoms with Gasteiger partial charge in [-0.05, 0) is 17.7 Å². The van der Waals surface area contributed by atoms with Gasteiger partial charge in [0.2, 0.25) is 11.8 Å². The molecule has 3 heterocycles. The number of alkyl halides is 1. The van der Waals surface area contributed by atoms with Crippen molar-refractivity contribution >= 4 is 11.1 Å². The van der Waals surface area contributed by atoms with Gasteiger partial charge < -0.3 is 13.9 Å². The molecule has 3 aromatic rings. The van der Waals surface area contributed by atoms with Crippen LogP contribution in [0.2, 0.25) is 0 Å². The van der Waals surface area contributed by atoms with Gasteiger partial charge in [0.15, 0.2) is 5.58 Å². The minimum atomic E-state index is -1.04. The largest absolute Gasteiger partial charge is 0.481 e. The third-order valence-electron chi connectivity index (χ3n) is 4.45. The second-order valence-corrected chi connectivity index (χ2v) is 6.34. The van der Waals surface area contributed by atoms with Crippen LogP contribution in [-0.2, 0) is 17.9 Å². The summed E-state index contributed by atoms with van der Waals surface area (Å²) in [5.74, 6) is 1.04. The summed E-state index contributed by atoms with van der Waals surface area (Å²) in [6, 6.07) is 11.3. The van der Waals surface area contributed by atoms with Crippen molar-refractivity contribution in [3.63, 3.8) is 0 Å². The number of nitrogens with zero attached hydrogens (tertiary/aromatic N) is 3. The van der Waals surface area contributed by atoms with Crippen LogP contribution in [0.1, 0.15) is 11.5 Å². The maximum Gasteiger partial charge on any atom is 0.221 e. The average molecular weight is 357 g/mol. The first-order valence-corrected chi connectivity index (χ1v) is 8.52. The Morgan fingerprint density at radius 1 is 1.23 bits per heavy atom. The van der Waals surface area contributed by atoms with Gasteiger partial charge in [0.1, 0.15) is 24.4 Å². The normalized spacial score (nSPS) is 20.7. The van der Waals surface area contributed by atoms with Crippen LogP contribution in [0.25, 0.3) is 11.1 Å². The quantitative estimate of drug-likeness (QED) is 0.676. The van der Waals surface area contributed by atoms with Crippen LogP contribution in [0.3, 0.4) is 0 Å². The minimum Gasteiger partial charge on any atom is -0.481 e. The first-order valence-electron chi connectivity index (χ1n) is 8.52. The van der Waals surface area contributed by atoms with Gasteiger partial charge in [0.05, 0.1) is 7.11 Å². The molecule has 0 bridgehead atoms. The molecule has 0 radical (unpaired) electrons. The lowest BCUT2D eigenvalue weighted by atomic mass is 10.2. The van der Waals surface area contributed by atoms with Gasteiger partial charge in [0.25, 0.3) is 0 Å². The van der Waals surface area contributed by atoms with Crippen LogP contribution in [0.4, 0.5) is 4.39 Å². The van der Waals surface area contributed by atoms with E-state index in [1.165, 1.54) is 0 Å². The summed E-state index contributed by atoms with van der Waals surface area (Å²) in [4.78, 5) is 10.6. The van der Waals surface area contributed by atoms with E-state index in [9.17, 15) is 4.39 Å². The zero-order chi connectivity index (χ0) is 17.9. The summed E-state index contributed by atoms with van der Waals surface area (Å²) in [6.45, 7) is 1.65. The molecule has 0 saturated carbocycles. The number of methoxy groups -OCH3 is 1. The van der Waals surface area contributed by atoms with Crippen molar-refractivity contribution in [3.8, 4) is 5.88 Å². The predicted octanol–water partition coefficient (Wildman–Crippen LogP) is 2.97. The van der Waals surface area contributed by atoms with E-state index < -0.39 is 12.3 Å². The van der Waals surface area contributed by atoms with E-state index in [4.69, 9.17) is 13.9 Å². The fourth-order valence-electron chi connectivity index (χ4n) is 3.14. The van der Waals surface area contributed by atoms with Crippen molar-refractivity contribution in [2.45, 2.75) is 25.4 Å². The molecule has 0 aliphatic carbocycles. The van der Waals surface area contributed by atoms with Crippen molar-refractivity contribution in [3.05, 3.63) is 54.0 Å². The lowest BCUT2D eigenvalue weighted by molar-refractivity contribution is 0.00239. The Hall–Kier alpha value is -2.51. The van der Waals surface area contributed by atoms with Crippen LogP contribution < -0.4 is 4.74 Å². The number of rotatable bonds is 6. The fraction of sp³-hybridized carbons (Fsp3) is 0.368. The Labute approximate surface area is 150 Å². The molecule has 26 heavy (non-hydrogen) atoms. The van der Waals surface area contributed by atoms with Gasteiger partial charge in [-0.25, -0.2) is 14.4 Å². The maximum absolute atomic E-state index is 14.3. The number of halogens is 1. The molecule has 4 rings (SSSR count). The van der Waals surface area contributed by atoms with Gasteiger partial charge in [-0.2, -0.15) is 0 Å². The summed E-state index contributed by atoms with van der Waals surface area (Å²) in [7, 11) is 1.58. The molecule has 136 valence electrons. The van der Waals surface area contributed by atoms with E-state index in [1.54, 1.807) is 19.4 Å². The maximum atomic E-state index is 14.3. The Balaban J connectivity index is 1.33. The molecular formula is C19H20FN3O3. The molecule has 0 amide bonds. The molecule has 2 aromatic heterocycles. The van der Waals surface area contributed by atoms with Crippen LogP contribution in [0.5, 0.6) is 5.88 Å². The second-order valence-electron chi connectivity index (χ2n) is 6.34. The van der Waals surface area contributed by atoms with E-state index in [2.05, 4.69) is 9.97 Å². The third kappa shape index (κ3) is 3.68. The van der Waals surface area contributed by atoms with Gasteiger partial charge in [0, 0.05) is 31.9 Å².